The molecule has 0 aliphatic carbocycles. The molecule has 1 rings (SSSR count). The molecule has 0 aromatic rings. The summed E-state index contributed by atoms with van der Waals surface area (Å²) in [5.41, 5.74) is 0. The number of hydrogen-bond donors (Lipinski definition) is 1. The molecule has 0 amide bonds. The van der Waals surface area contributed by atoms with Gasteiger partial charge in [-0.25, -0.2) is 0 Å². The fourth-order valence-electron chi connectivity index (χ4n) is 1.60. The summed E-state index contributed by atoms with van der Waals surface area (Å²) in [5, 5.41) is 4.09. The molecule has 1 aliphatic heterocycles. The van der Waals surface area contributed by atoms with Gasteiger partial charge in [-0.2, -0.15) is 0 Å². The molecule has 4 heteroatoms. The van der Waals surface area contributed by atoms with Crippen molar-refractivity contribution in [3.05, 3.63) is 0 Å². The van der Waals surface area contributed by atoms with Crippen LogP contribution in [0.5, 0.6) is 0 Å². The summed E-state index contributed by atoms with van der Waals surface area (Å²) in [6.07, 6.45) is 2.72. The molecule has 1 saturated heterocycles. The number of thiocarbonyl (C=S) groups is 1. The molecular weight excluding hydrogens is 208 g/mol. The highest BCUT2D eigenvalue weighted by Crippen LogP contribution is 2.12. The van der Waals surface area contributed by atoms with E-state index in [0.717, 1.165) is 31.2 Å². The first kappa shape index (κ1) is 12.7. The van der Waals surface area contributed by atoms with Crippen LogP contribution >= 0.6 is 12.2 Å². The molecule has 0 radical (unpaired) electrons. The van der Waals surface area contributed by atoms with Crippen LogP contribution in [0.15, 0.2) is 0 Å². The Kier molecular flexibility index (Phi) is 5.32. The van der Waals surface area contributed by atoms with E-state index in [-0.39, 0.29) is 0 Å². The summed E-state index contributed by atoms with van der Waals surface area (Å²) in [5.74, 6) is 0.624. The van der Waals surface area contributed by atoms with Crippen LogP contribution in [0.4, 0.5) is 0 Å². The van der Waals surface area contributed by atoms with Crippen molar-refractivity contribution in [1.82, 2.24) is 10.2 Å². The lowest BCUT2D eigenvalue weighted by atomic mass is 10.2. The fourth-order valence-corrected chi connectivity index (χ4v) is 1.76. The average Bonchev–Trinajstić information content (AvgIpc) is 2.66. The number of rotatable bonds is 4. The molecule has 0 aromatic heterocycles. The Hall–Kier alpha value is -0.350. The van der Waals surface area contributed by atoms with E-state index in [2.05, 4.69) is 24.1 Å². The largest absolute Gasteiger partial charge is 0.376 e. The van der Waals surface area contributed by atoms with Crippen LogP contribution in [0, 0.1) is 5.92 Å². The third-order valence-electron chi connectivity index (χ3n) is 2.51. The van der Waals surface area contributed by atoms with Crippen molar-refractivity contribution in [2.75, 3.05) is 26.7 Å². The number of nitrogens with zero attached hydrogens (tertiary/aromatic N) is 1. The van der Waals surface area contributed by atoms with E-state index in [9.17, 15) is 0 Å². The van der Waals surface area contributed by atoms with Crippen LogP contribution in [0.3, 0.4) is 0 Å². The SMILES string of the molecule is CC(C)CNC(=S)N(C)CC1CCCO1. The zero-order chi connectivity index (χ0) is 11.3. The van der Waals surface area contributed by atoms with E-state index in [1.807, 2.05) is 7.05 Å². The highest BCUT2D eigenvalue weighted by molar-refractivity contribution is 7.80. The standard InChI is InChI=1S/C11H22N2OS/c1-9(2)7-12-11(15)13(3)8-10-5-4-6-14-10/h9-10H,4-8H2,1-3H3,(H,12,15). The van der Waals surface area contributed by atoms with Crippen LogP contribution in [0.2, 0.25) is 0 Å². The summed E-state index contributed by atoms with van der Waals surface area (Å²) in [6.45, 7) is 7.11. The normalized spacial score (nSPS) is 20.7. The Bertz CT molecular complexity index is 203. The van der Waals surface area contributed by atoms with E-state index < -0.39 is 0 Å². The minimum atomic E-state index is 0.369. The summed E-state index contributed by atoms with van der Waals surface area (Å²) >= 11 is 5.29. The smallest absolute Gasteiger partial charge is 0.168 e. The minimum Gasteiger partial charge on any atom is -0.376 e. The molecule has 1 heterocycles. The maximum absolute atomic E-state index is 5.57. The molecule has 3 nitrogen and oxygen atoms in total. The topological polar surface area (TPSA) is 24.5 Å². The van der Waals surface area contributed by atoms with Gasteiger partial charge in [-0.05, 0) is 31.0 Å². The van der Waals surface area contributed by atoms with Crippen LogP contribution in [-0.4, -0.2) is 42.9 Å². The average molecular weight is 230 g/mol. The second-order valence-electron chi connectivity index (χ2n) is 4.60. The molecule has 0 spiro atoms. The number of ether oxygens (including phenoxy) is 1. The van der Waals surface area contributed by atoms with E-state index in [0.29, 0.717) is 12.0 Å². The van der Waals surface area contributed by atoms with Gasteiger partial charge in [-0.3, -0.25) is 0 Å². The van der Waals surface area contributed by atoms with Gasteiger partial charge in [0.2, 0.25) is 0 Å². The number of nitrogens with one attached hydrogen (secondary N) is 1. The van der Waals surface area contributed by atoms with E-state index in [1.165, 1.54) is 6.42 Å². The second kappa shape index (κ2) is 6.28. The lowest BCUT2D eigenvalue weighted by Gasteiger charge is -2.24. The van der Waals surface area contributed by atoms with Crippen LogP contribution in [0.1, 0.15) is 26.7 Å². The Morgan fingerprint density at radius 2 is 2.33 bits per heavy atom. The van der Waals surface area contributed by atoms with Crippen molar-refractivity contribution in [3.8, 4) is 0 Å². The molecule has 1 N–H and O–H groups in total. The highest BCUT2D eigenvalue weighted by atomic mass is 32.1. The number of likely N-dealkylation sites (N-methyl/N-ethyl adjacent to an activating group) is 1. The van der Waals surface area contributed by atoms with Gasteiger partial charge < -0.3 is 15.0 Å². The van der Waals surface area contributed by atoms with Gasteiger partial charge in [0.15, 0.2) is 5.11 Å². The molecule has 15 heavy (non-hydrogen) atoms. The molecule has 0 bridgehead atoms. The molecule has 88 valence electrons. The lowest BCUT2D eigenvalue weighted by Crippen LogP contribution is -2.42. The lowest BCUT2D eigenvalue weighted by molar-refractivity contribution is 0.0957. The van der Waals surface area contributed by atoms with E-state index >= 15 is 0 Å². The molecule has 0 aromatic carbocycles. The van der Waals surface area contributed by atoms with Crippen molar-refractivity contribution in [1.29, 1.82) is 0 Å². The van der Waals surface area contributed by atoms with Crippen molar-refractivity contribution < 1.29 is 4.74 Å². The van der Waals surface area contributed by atoms with Gasteiger partial charge in [0, 0.05) is 26.7 Å². The van der Waals surface area contributed by atoms with Crippen molar-refractivity contribution >= 4 is 17.3 Å². The van der Waals surface area contributed by atoms with Gasteiger partial charge in [-0.15, -0.1) is 0 Å². The minimum absolute atomic E-state index is 0.369. The molecule has 1 fully saturated rings. The van der Waals surface area contributed by atoms with Gasteiger partial charge >= 0.3 is 0 Å². The molecule has 1 atom stereocenters. The van der Waals surface area contributed by atoms with Crippen molar-refractivity contribution in [2.24, 2.45) is 5.92 Å². The van der Waals surface area contributed by atoms with Crippen molar-refractivity contribution in [2.45, 2.75) is 32.8 Å². The Balaban J connectivity index is 2.19. The van der Waals surface area contributed by atoms with Crippen LogP contribution < -0.4 is 5.32 Å². The maximum Gasteiger partial charge on any atom is 0.168 e. The summed E-state index contributed by atoms with van der Waals surface area (Å²) < 4.78 is 5.57. The van der Waals surface area contributed by atoms with Crippen LogP contribution in [-0.2, 0) is 4.74 Å². The Labute approximate surface area is 98.2 Å². The molecule has 0 saturated carbocycles. The van der Waals surface area contributed by atoms with Gasteiger partial charge in [-0.1, -0.05) is 13.8 Å². The van der Waals surface area contributed by atoms with Crippen LogP contribution in [0.25, 0.3) is 0 Å². The molecule has 1 unspecified atom stereocenters. The predicted molar refractivity (Wildman–Crippen MR) is 67.0 cm³/mol. The van der Waals surface area contributed by atoms with E-state index in [1.54, 1.807) is 0 Å². The van der Waals surface area contributed by atoms with Gasteiger partial charge in [0.05, 0.1) is 6.10 Å². The second-order valence-corrected chi connectivity index (χ2v) is 4.98. The monoisotopic (exact) mass is 230 g/mol. The fraction of sp³-hybridized carbons (Fsp3) is 0.909. The third kappa shape index (κ3) is 4.80. The summed E-state index contributed by atoms with van der Waals surface area (Å²) in [6, 6.07) is 0. The van der Waals surface area contributed by atoms with Gasteiger partial charge in [0.25, 0.3) is 0 Å². The maximum atomic E-state index is 5.57. The van der Waals surface area contributed by atoms with Crippen molar-refractivity contribution in [3.63, 3.8) is 0 Å². The highest BCUT2D eigenvalue weighted by Gasteiger charge is 2.18. The zero-order valence-corrected chi connectivity index (χ0v) is 10.8. The summed E-state index contributed by atoms with van der Waals surface area (Å²) in [4.78, 5) is 2.08. The Morgan fingerprint density at radius 3 is 2.87 bits per heavy atom. The third-order valence-corrected chi connectivity index (χ3v) is 2.97. The molecule has 1 aliphatic rings. The number of hydrogen-bond acceptors (Lipinski definition) is 2. The summed E-state index contributed by atoms with van der Waals surface area (Å²) in [7, 11) is 2.03. The zero-order valence-electron chi connectivity index (χ0n) is 9.95. The first-order chi connectivity index (χ1) is 7.09. The Morgan fingerprint density at radius 1 is 1.60 bits per heavy atom. The quantitative estimate of drug-likeness (QED) is 0.742. The first-order valence-corrected chi connectivity index (χ1v) is 6.11. The molecular formula is C11H22N2OS. The van der Waals surface area contributed by atoms with E-state index in [4.69, 9.17) is 17.0 Å². The van der Waals surface area contributed by atoms with Gasteiger partial charge in [0.1, 0.15) is 0 Å². The first-order valence-electron chi connectivity index (χ1n) is 5.70. The predicted octanol–water partition coefficient (Wildman–Crippen LogP) is 1.63.